The highest BCUT2D eigenvalue weighted by molar-refractivity contribution is 6.32. The first-order valence-corrected chi connectivity index (χ1v) is 8.68. The Kier molecular flexibility index (Phi) is 5.87. The van der Waals surface area contributed by atoms with Gasteiger partial charge in [0.25, 0.3) is 5.91 Å². The Labute approximate surface area is 161 Å². The van der Waals surface area contributed by atoms with Crippen LogP contribution in [0.3, 0.4) is 0 Å². The standard InChI is InChI=1S/C18H19ClN6O2/c1-27-17-12(19)4-2-5-14(17)23-15-13(6-3-8-21-9-7-20)24-25-11-10-22-18(26)16(15)25/h2-5,7-9,20,23H,6,10-11H2,1H3,(H,22,26)/b8-3-,20-7?,21-9?. The summed E-state index contributed by atoms with van der Waals surface area (Å²) in [4.78, 5) is 16.3. The fraction of sp³-hybridized carbons (Fsp3) is 0.222. The van der Waals surface area contributed by atoms with Gasteiger partial charge in [0.15, 0.2) is 5.75 Å². The molecule has 3 N–H and O–H groups in total. The molecule has 27 heavy (non-hydrogen) atoms. The number of halogens is 1. The summed E-state index contributed by atoms with van der Waals surface area (Å²) in [6.07, 6.45) is 6.34. The highest BCUT2D eigenvalue weighted by Gasteiger charge is 2.26. The van der Waals surface area contributed by atoms with Crippen LogP contribution in [0.5, 0.6) is 5.75 Å². The second kappa shape index (κ2) is 8.50. The molecule has 1 aliphatic rings. The van der Waals surface area contributed by atoms with Crippen molar-refractivity contribution in [2.24, 2.45) is 4.99 Å². The van der Waals surface area contributed by atoms with Crippen LogP contribution in [0.1, 0.15) is 16.2 Å². The van der Waals surface area contributed by atoms with Crippen molar-refractivity contribution in [1.82, 2.24) is 15.1 Å². The topological polar surface area (TPSA) is 104 Å². The number of carbonyl (C=O) groups excluding carboxylic acids is 1. The van der Waals surface area contributed by atoms with Crippen molar-refractivity contribution in [3.63, 3.8) is 0 Å². The summed E-state index contributed by atoms with van der Waals surface area (Å²) in [7, 11) is 1.54. The second-order valence-electron chi connectivity index (χ2n) is 5.65. The van der Waals surface area contributed by atoms with Gasteiger partial charge in [0.05, 0.1) is 35.7 Å². The molecule has 2 heterocycles. The molecule has 1 aromatic heterocycles. The maximum absolute atomic E-state index is 12.4. The van der Waals surface area contributed by atoms with E-state index >= 15 is 0 Å². The number of aliphatic imine (C=N–C) groups is 1. The van der Waals surface area contributed by atoms with E-state index in [1.165, 1.54) is 13.3 Å². The van der Waals surface area contributed by atoms with Crippen LogP contribution in [0.2, 0.25) is 5.02 Å². The summed E-state index contributed by atoms with van der Waals surface area (Å²) in [6.45, 7) is 1.13. The Hall–Kier alpha value is -3.13. The third kappa shape index (κ3) is 4.01. The number of allylic oxidation sites excluding steroid dienone is 1. The average molecular weight is 387 g/mol. The van der Waals surface area contributed by atoms with Crippen molar-refractivity contribution in [2.45, 2.75) is 13.0 Å². The molecule has 0 saturated carbocycles. The molecule has 0 spiro atoms. The molecule has 8 nitrogen and oxygen atoms in total. The van der Waals surface area contributed by atoms with Gasteiger partial charge in [-0.25, -0.2) is 0 Å². The minimum absolute atomic E-state index is 0.186. The number of hydrogen-bond donors (Lipinski definition) is 3. The second-order valence-corrected chi connectivity index (χ2v) is 6.06. The van der Waals surface area contributed by atoms with E-state index in [9.17, 15) is 4.79 Å². The van der Waals surface area contributed by atoms with Gasteiger partial charge in [-0.1, -0.05) is 23.7 Å². The minimum Gasteiger partial charge on any atom is -0.493 e. The van der Waals surface area contributed by atoms with Crippen LogP contribution in [0.25, 0.3) is 0 Å². The average Bonchev–Trinajstić information content (AvgIpc) is 3.00. The van der Waals surface area contributed by atoms with Crippen LogP contribution in [0, 0.1) is 5.41 Å². The first-order chi connectivity index (χ1) is 13.2. The van der Waals surface area contributed by atoms with E-state index in [4.69, 9.17) is 21.7 Å². The number of para-hydroxylation sites is 1. The highest BCUT2D eigenvalue weighted by atomic mass is 35.5. The Morgan fingerprint density at radius 2 is 2.37 bits per heavy atom. The summed E-state index contributed by atoms with van der Waals surface area (Å²) >= 11 is 6.20. The van der Waals surface area contributed by atoms with E-state index in [2.05, 4.69) is 20.7 Å². The minimum atomic E-state index is -0.186. The predicted molar refractivity (Wildman–Crippen MR) is 106 cm³/mol. The van der Waals surface area contributed by atoms with Gasteiger partial charge in [0, 0.05) is 31.6 Å². The zero-order valence-electron chi connectivity index (χ0n) is 14.7. The van der Waals surface area contributed by atoms with E-state index in [0.29, 0.717) is 53.0 Å². The molecule has 0 saturated heterocycles. The molecule has 3 rings (SSSR count). The van der Waals surface area contributed by atoms with Crippen molar-refractivity contribution >= 4 is 41.3 Å². The summed E-state index contributed by atoms with van der Waals surface area (Å²) < 4.78 is 7.08. The number of aromatic nitrogens is 2. The monoisotopic (exact) mass is 386 g/mol. The molecule has 2 aromatic rings. The maximum atomic E-state index is 12.4. The number of fused-ring (bicyclic) bond motifs is 1. The Morgan fingerprint density at radius 3 is 3.15 bits per heavy atom. The lowest BCUT2D eigenvalue weighted by molar-refractivity contribution is 0.0925. The molecule has 140 valence electrons. The number of carbonyl (C=O) groups is 1. The number of rotatable bonds is 7. The van der Waals surface area contributed by atoms with Gasteiger partial charge in [-0.3, -0.25) is 14.5 Å². The lowest BCUT2D eigenvalue weighted by Gasteiger charge is -2.17. The normalized spacial score (nSPS) is 13.6. The van der Waals surface area contributed by atoms with Gasteiger partial charge >= 0.3 is 0 Å². The quantitative estimate of drug-likeness (QED) is 0.636. The van der Waals surface area contributed by atoms with Crippen LogP contribution < -0.4 is 15.4 Å². The van der Waals surface area contributed by atoms with Gasteiger partial charge in [-0.05, 0) is 12.1 Å². The van der Waals surface area contributed by atoms with Crippen molar-refractivity contribution in [3.05, 3.63) is 46.9 Å². The lowest BCUT2D eigenvalue weighted by atomic mass is 10.2. The van der Waals surface area contributed by atoms with E-state index < -0.39 is 0 Å². The number of nitrogens with zero attached hydrogens (tertiary/aromatic N) is 3. The smallest absolute Gasteiger partial charge is 0.271 e. The van der Waals surface area contributed by atoms with Crippen molar-refractivity contribution in [2.75, 3.05) is 19.0 Å². The van der Waals surface area contributed by atoms with E-state index in [0.717, 1.165) is 6.21 Å². The molecule has 1 amide bonds. The van der Waals surface area contributed by atoms with Crippen molar-refractivity contribution in [1.29, 1.82) is 5.41 Å². The number of amides is 1. The number of nitrogens with one attached hydrogen (secondary N) is 3. The first-order valence-electron chi connectivity index (χ1n) is 8.30. The lowest BCUT2D eigenvalue weighted by Crippen LogP contribution is -2.35. The number of anilines is 2. The largest absolute Gasteiger partial charge is 0.493 e. The van der Waals surface area contributed by atoms with Crippen LogP contribution in [0.4, 0.5) is 11.4 Å². The summed E-state index contributed by atoms with van der Waals surface area (Å²) in [6, 6.07) is 5.36. The van der Waals surface area contributed by atoms with E-state index in [1.54, 1.807) is 23.0 Å². The zero-order valence-corrected chi connectivity index (χ0v) is 15.5. The molecule has 0 bridgehead atoms. The molecule has 0 atom stereocenters. The Balaban J connectivity index is 1.99. The Morgan fingerprint density at radius 1 is 1.52 bits per heavy atom. The highest BCUT2D eigenvalue weighted by Crippen LogP contribution is 2.36. The molecule has 9 heteroatoms. The van der Waals surface area contributed by atoms with Gasteiger partial charge in [0.2, 0.25) is 0 Å². The summed E-state index contributed by atoms with van der Waals surface area (Å²) in [5.41, 5.74) is 2.42. The van der Waals surface area contributed by atoms with Crippen LogP contribution in [-0.2, 0) is 13.0 Å². The maximum Gasteiger partial charge on any atom is 0.271 e. The Bertz CT molecular complexity index is 919. The van der Waals surface area contributed by atoms with Crippen molar-refractivity contribution in [3.8, 4) is 5.75 Å². The summed E-state index contributed by atoms with van der Waals surface area (Å²) in [5.74, 6) is 0.307. The number of methoxy groups -OCH3 is 1. The molecule has 0 unspecified atom stereocenters. The number of ether oxygens (including phenoxy) is 1. The fourth-order valence-corrected chi connectivity index (χ4v) is 3.06. The van der Waals surface area contributed by atoms with Crippen LogP contribution in [-0.4, -0.2) is 41.8 Å². The molecule has 0 fully saturated rings. The predicted octanol–water partition coefficient (Wildman–Crippen LogP) is 2.81. The molecule has 1 aliphatic heterocycles. The molecular weight excluding hydrogens is 368 g/mol. The zero-order chi connectivity index (χ0) is 19.2. The van der Waals surface area contributed by atoms with Crippen LogP contribution >= 0.6 is 11.6 Å². The molecule has 1 aromatic carbocycles. The van der Waals surface area contributed by atoms with E-state index in [1.807, 2.05) is 12.1 Å². The van der Waals surface area contributed by atoms with Gasteiger partial charge in [-0.15, -0.1) is 0 Å². The number of hydrogen-bond acceptors (Lipinski definition) is 6. The van der Waals surface area contributed by atoms with Crippen molar-refractivity contribution < 1.29 is 9.53 Å². The van der Waals surface area contributed by atoms with Gasteiger partial charge in [0.1, 0.15) is 5.69 Å². The van der Waals surface area contributed by atoms with Gasteiger partial charge in [-0.2, -0.15) is 5.10 Å². The summed E-state index contributed by atoms with van der Waals surface area (Å²) in [5, 5.41) is 18.1. The molecule has 0 aliphatic carbocycles. The van der Waals surface area contributed by atoms with Gasteiger partial charge < -0.3 is 20.8 Å². The third-order valence-corrected chi connectivity index (χ3v) is 4.24. The molecule has 0 radical (unpaired) electrons. The molecular formula is C18H19ClN6O2. The SMILES string of the molecule is COc1c(Cl)cccc1Nc1c(C/C=C\N=CC=N)nn2c1C(=O)NCC2. The number of benzene rings is 1. The first kappa shape index (κ1) is 18.7. The van der Waals surface area contributed by atoms with Crippen LogP contribution in [0.15, 0.2) is 35.5 Å². The third-order valence-electron chi connectivity index (χ3n) is 3.94. The fourth-order valence-electron chi connectivity index (χ4n) is 2.80. The van der Waals surface area contributed by atoms with E-state index in [-0.39, 0.29) is 5.91 Å².